The summed E-state index contributed by atoms with van der Waals surface area (Å²) >= 11 is 0. The molecular formula is C19H22N2O3. The highest BCUT2D eigenvalue weighted by molar-refractivity contribution is 6.08. The van der Waals surface area contributed by atoms with Gasteiger partial charge in [0.05, 0.1) is 5.69 Å². The van der Waals surface area contributed by atoms with Crippen LogP contribution >= 0.6 is 0 Å². The van der Waals surface area contributed by atoms with E-state index in [9.17, 15) is 9.59 Å². The fourth-order valence-corrected chi connectivity index (χ4v) is 3.07. The first-order valence-electron chi connectivity index (χ1n) is 8.40. The number of amides is 1. The van der Waals surface area contributed by atoms with Gasteiger partial charge in [0.15, 0.2) is 0 Å². The molecule has 1 aliphatic carbocycles. The van der Waals surface area contributed by atoms with Gasteiger partial charge in [-0.05, 0) is 44.7 Å². The van der Waals surface area contributed by atoms with Crippen molar-refractivity contribution < 1.29 is 14.3 Å². The summed E-state index contributed by atoms with van der Waals surface area (Å²) in [5, 5.41) is 2.79. The Kier molecular flexibility index (Phi) is 4.99. The van der Waals surface area contributed by atoms with Gasteiger partial charge in [0.25, 0.3) is 5.91 Å². The minimum absolute atomic E-state index is 0.0155. The number of hydrogen-bond acceptors (Lipinski definition) is 3. The van der Waals surface area contributed by atoms with E-state index >= 15 is 0 Å². The number of aromatic nitrogens is 1. The number of benzene rings is 1. The molecule has 0 bridgehead atoms. The average Bonchev–Trinajstić information content (AvgIpc) is 2.97. The van der Waals surface area contributed by atoms with E-state index in [-0.39, 0.29) is 18.0 Å². The Morgan fingerprint density at radius 2 is 1.83 bits per heavy atom. The normalized spacial score (nSPS) is 15.0. The van der Waals surface area contributed by atoms with Gasteiger partial charge in [-0.1, -0.05) is 24.6 Å². The van der Waals surface area contributed by atoms with E-state index < -0.39 is 0 Å². The third kappa shape index (κ3) is 3.67. The van der Waals surface area contributed by atoms with Gasteiger partial charge >= 0.3 is 5.97 Å². The zero-order chi connectivity index (χ0) is 16.9. The number of carbonyl (C=O) groups excluding carboxylic acids is 2. The van der Waals surface area contributed by atoms with Gasteiger partial charge in [0.2, 0.25) is 0 Å². The number of anilines is 1. The Bertz CT molecular complexity index is 715. The van der Waals surface area contributed by atoms with Gasteiger partial charge in [-0.2, -0.15) is 0 Å². The molecule has 0 saturated heterocycles. The van der Waals surface area contributed by atoms with Crippen LogP contribution in [-0.4, -0.2) is 23.0 Å². The quantitative estimate of drug-likeness (QED) is 0.832. The minimum atomic E-state index is -0.371. The second kappa shape index (κ2) is 7.34. The lowest BCUT2D eigenvalue weighted by Crippen LogP contribution is -2.22. The largest absolute Gasteiger partial charge is 0.459 e. The van der Waals surface area contributed by atoms with Crippen LogP contribution in [0.5, 0.6) is 0 Å². The highest BCUT2D eigenvalue weighted by Gasteiger charge is 2.24. The average molecular weight is 326 g/mol. The lowest BCUT2D eigenvalue weighted by atomic mass is 9.98. The van der Waals surface area contributed by atoms with Crippen LogP contribution < -0.4 is 5.32 Å². The van der Waals surface area contributed by atoms with Crippen LogP contribution in [0.15, 0.2) is 36.5 Å². The van der Waals surface area contributed by atoms with Gasteiger partial charge < -0.3 is 15.0 Å². The Morgan fingerprint density at radius 1 is 1.12 bits per heavy atom. The first-order valence-corrected chi connectivity index (χ1v) is 8.40. The molecule has 1 heterocycles. The predicted octanol–water partition coefficient (Wildman–Crippen LogP) is 4.06. The van der Waals surface area contributed by atoms with Crippen molar-refractivity contribution in [3.63, 3.8) is 0 Å². The van der Waals surface area contributed by atoms with Crippen LogP contribution in [0.25, 0.3) is 0 Å². The lowest BCUT2D eigenvalue weighted by molar-refractivity contribution is 0.0212. The maximum atomic E-state index is 12.5. The van der Waals surface area contributed by atoms with Crippen LogP contribution in [0.4, 0.5) is 5.69 Å². The van der Waals surface area contributed by atoms with Crippen LogP contribution in [0.3, 0.4) is 0 Å². The van der Waals surface area contributed by atoms with Crippen molar-refractivity contribution in [3.05, 3.63) is 53.3 Å². The predicted molar refractivity (Wildman–Crippen MR) is 92.2 cm³/mol. The first kappa shape index (κ1) is 16.3. The Hall–Kier alpha value is -2.56. The molecule has 0 radical (unpaired) electrons. The number of ether oxygens (including phenoxy) is 1. The number of aryl methyl sites for hydroxylation is 1. The molecule has 2 aromatic rings. The fourth-order valence-electron chi connectivity index (χ4n) is 3.07. The molecule has 1 fully saturated rings. The monoisotopic (exact) mass is 326 g/mol. The van der Waals surface area contributed by atoms with E-state index in [2.05, 4.69) is 10.3 Å². The maximum Gasteiger partial charge on any atom is 0.342 e. The lowest BCUT2D eigenvalue weighted by Gasteiger charge is -2.22. The Morgan fingerprint density at radius 3 is 2.54 bits per heavy atom. The van der Waals surface area contributed by atoms with E-state index in [0.29, 0.717) is 22.5 Å². The molecule has 24 heavy (non-hydrogen) atoms. The number of hydrogen-bond donors (Lipinski definition) is 2. The maximum absolute atomic E-state index is 12.5. The van der Waals surface area contributed by atoms with Crippen LogP contribution in [-0.2, 0) is 4.74 Å². The molecule has 1 amide bonds. The van der Waals surface area contributed by atoms with Crippen molar-refractivity contribution in [2.75, 3.05) is 5.32 Å². The number of aromatic amines is 1. The zero-order valence-electron chi connectivity index (χ0n) is 13.8. The van der Waals surface area contributed by atoms with E-state index in [1.807, 2.05) is 6.07 Å². The smallest absolute Gasteiger partial charge is 0.342 e. The van der Waals surface area contributed by atoms with E-state index in [1.54, 1.807) is 37.4 Å². The van der Waals surface area contributed by atoms with Gasteiger partial charge in [-0.15, -0.1) is 0 Å². The molecular weight excluding hydrogens is 304 g/mol. The molecule has 0 aliphatic heterocycles. The molecule has 1 aliphatic rings. The second-order valence-electron chi connectivity index (χ2n) is 6.19. The summed E-state index contributed by atoms with van der Waals surface area (Å²) in [6.07, 6.45) is 6.85. The molecule has 0 spiro atoms. The molecule has 3 rings (SSSR count). The van der Waals surface area contributed by atoms with Crippen molar-refractivity contribution in [1.29, 1.82) is 0 Å². The molecule has 5 nitrogen and oxygen atoms in total. The Labute approximate surface area is 141 Å². The van der Waals surface area contributed by atoms with E-state index in [0.717, 1.165) is 25.7 Å². The molecule has 126 valence electrons. The number of nitrogens with one attached hydrogen (secondary N) is 2. The van der Waals surface area contributed by atoms with Crippen LogP contribution in [0.2, 0.25) is 0 Å². The van der Waals surface area contributed by atoms with E-state index in [1.165, 1.54) is 6.42 Å². The summed E-state index contributed by atoms with van der Waals surface area (Å²) in [6.45, 7) is 1.80. The van der Waals surface area contributed by atoms with Crippen molar-refractivity contribution in [3.8, 4) is 0 Å². The molecule has 1 aromatic heterocycles. The molecule has 2 N–H and O–H groups in total. The molecule has 0 atom stereocenters. The third-order valence-corrected chi connectivity index (χ3v) is 4.39. The number of esters is 1. The zero-order valence-corrected chi connectivity index (χ0v) is 13.8. The molecule has 0 unspecified atom stereocenters. The third-order valence-electron chi connectivity index (χ3n) is 4.39. The SMILES string of the molecule is Cc1[nH]cc(NC(=O)c2ccccc2)c1C(=O)OC1CCCCC1. The number of rotatable bonds is 4. The highest BCUT2D eigenvalue weighted by Crippen LogP contribution is 2.25. The highest BCUT2D eigenvalue weighted by atomic mass is 16.5. The van der Waals surface area contributed by atoms with Gasteiger partial charge in [-0.3, -0.25) is 4.79 Å². The second-order valence-corrected chi connectivity index (χ2v) is 6.19. The van der Waals surface area contributed by atoms with E-state index in [4.69, 9.17) is 4.74 Å². The van der Waals surface area contributed by atoms with Crippen molar-refractivity contribution in [2.24, 2.45) is 0 Å². The summed E-state index contributed by atoms with van der Waals surface area (Å²) < 4.78 is 5.63. The number of carbonyl (C=O) groups is 2. The topological polar surface area (TPSA) is 71.2 Å². The summed E-state index contributed by atoms with van der Waals surface area (Å²) in [6, 6.07) is 8.92. The summed E-state index contributed by atoms with van der Waals surface area (Å²) in [4.78, 5) is 27.8. The van der Waals surface area contributed by atoms with Crippen LogP contribution in [0.1, 0.15) is 58.5 Å². The summed E-state index contributed by atoms with van der Waals surface area (Å²) in [5.74, 6) is -0.620. The Balaban J connectivity index is 1.73. The molecule has 5 heteroatoms. The van der Waals surface area contributed by atoms with Gasteiger partial charge in [0, 0.05) is 17.5 Å². The fraction of sp³-hybridized carbons (Fsp3) is 0.368. The summed E-state index contributed by atoms with van der Waals surface area (Å²) in [5.41, 5.74) is 2.11. The van der Waals surface area contributed by atoms with Crippen molar-refractivity contribution in [2.45, 2.75) is 45.1 Å². The number of H-pyrrole nitrogens is 1. The standard InChI is InChI=1S/C19H22N2O3/c1-13-17(19(23)24-15-10-6-3-7-11-15)16(12-20-13)21-18(22)14-8-4-2-5-9-14/h2,4-5,8-9,12,15,20H,3,6-7,10-11H2,1H3,(H,21,22). The van der Waals surface area contributed by atoms with Crippen molar-refractivity contribution >= 4 is 17.6 Å². The summed E-state index contributed by atoms with van der Waals surface area (Å²) in [7, 11) is 0. The molecule has 1 saturated carbocycles. The van der Waals surface area contributed by atoms with Crippen LogP contribution in [0, 0.1) is 6.92 Å². The molecule has 1 aromatic carbocycles. The van der Waals surface area contributed by atoms with Gasteiger partial charge in [-0.25, -0.2) is 4.79 Å². The van der Waals surface area contributed by atoms with Crippen molar-refractivity contribution in [1.82, 2.24) is 4.98 Å². The van der Waals surface area contributed by atoms with Gasteiger partial charge in [0.1, 0.15) is 11.7 Å². The first-order chi connectivity index (χ1) is 11.6. The minimum Gasteiger partial charge on any atom is -0.459 e.